The van der Waals surface area contributed by atoms with Gasteiger partial charge in [-0.25, -0.2) is 4.98 Å². The zero-order valence-electron chi connectivity index (χ0n) is 8.79. The molecule has 78 valence electrons. The minimum atomic E-state index is 0.384. The first-order chi connectivity index (χ1) is 6.83. The minimum Gasteiger partial charge on any atom is -0.383 e. The second-order valence-corrected chi connectivity index (χ2v) is 3.78. The lowest BCUT2D eigenvalue weighted by molar-refractivity contribution is 0.161. The molecule has 0 saturated carbocycles. The topological polar surface area (TPSA) is 39.1 Å². The maximum Gasteiger partial charge on any atom is 0.0955 e. The molecule has 0 bridgehead atoms. The third-order valence-corrected chi connectivity index (χ3v) is 2.70. The average Bonchev–Trinajstić information content (AvgIpc) is 2.61. The van der Waals surface area contributed by atoms with Gasteiger partial charge in [0.2, 0.25) is 0 Å². The smallest absolute Gasteiger partial charge is 0.0955 e. The third kappa shape index (κ3) is 1.67. The van der Waals surface area contributed by atoms with Crippen LogP contribution in [0.2, 0.25) is 0 Å². The summed E-state index contributed by atoms with van der Waals surface area (Å²) in [5.74, 6) is 0. The molecule has 1 unspecified atom stereocenters. The Kier molecular flexibility index (Phi) is 2.84. The molecule has 0 amide bonds. The highest BCUT2D eigenvalue weighted by Gasteiger charge is 2.17. The predicted octanol–water partition coefficient (Wildman–Crippen LogP) is 0.736. The van der Waals surface area contributed by atoms with Crippen molar-refractivity contribution in [3.8, 4) is 0 Å². The third-order valence-electron chi connectivity index (χ3n) is 2.70. The van der Waals surface area contributed by atoms with E-state index in [1.165, 1.54) is 11.4 Å². The van der Waals surface area contributed by atoms with Gasteiger partial charge in [0.05, 0.1) is 24.7 Å². The van der Waals surface area contributed by atoms with Crippen LogP contribution in [0.25, 0.3) is 0 Å². The molecule has 1 aliphatic rings. The zero-order chi connectivity index (χ0) is 9.97. The molecule has 4 nitrogen and oxygen atoms in total. The fraction of sp³-hybridized carbons (Fsp3) is 0.700. The molecule has 1 atom stereocenters. The molecule has 14 heavy (non-hydrogen) atoms. The van der Waals surface area contributed by atoms with Gasteiger partial charge >= 0.3 is 0 Å². The normalized spacial score (nSPS) is 17.9. The SMILES string of the molecule is COCC(C)n1cnc2c1CCNC2. The van der Waals surface area contributed by atoms with Crippen molar-refractivity contribution < 1.29 is 4.74 Å². The second kappa shape index (κ2) is 4.11. The fourth-order valence-corrected chi connectivity index (χ4v) is 1.96. The number of methoxy groups -OCH3 is 1. The maximum atomic E-state index is 5.15. The Hall–Kier alpha value is -0.870. The van der Waals surface area contributed by atoms with Crippen LogP contribution in [-0.2, 0) is 17.7 Å². The first-order valence-corrected chi connectivity index (χ1v) is 5.07. The van der Waals surface area contributed by atoms with E-state index in [0.717, 1.165) is 26.1 Å². The van der Waals surface area contributed by atoms with E-state index in [1.54, 1.807) is 7.11 Å². The van der Waals surface area contributed by atoms with Gasteiger partial charge in [-0.1, -0.05) is 0 Å². The molecule has 0 aliphatic carbocycles. The molecule has 1 aliphatic heterocycles. The van der Waals surface area contributed by atoms with Crippen molar-refractivity contribution in [3.05, 3.63) is 17.7 Å². The molecular formula is C10H17N3O. The average molecular weight is 195 g/mol. The lowest BCUT2D eigenvalue weighted by atomic mass is 10.1. The van der Waals surface area contributed by atoms with E-state index < -0.39 is 0 Å². The van der Waals surface area contributed by atoms with Crippen molar-refractivity contribution >= 4 is 0 Å². The summed E-state index contributed by atoms with van der Waals surface area (Å²) in [4.78, 5) is 4.40. The van der Waals surface area contributed by atoms with Gasteiger partial charge in [-0.05, 0) is 6.92 Å². The van der Waals surface area contributed by atoms with Crippen LogP contribution in [0.3, 0.4) is 0 Å². The molecule has 2 heterocycles. The summed E-state index contributed by atoms with van der Waals surface area (Å²) in [6, 6.07) is 0.384. The number of ether oxygens (including phenoxy) is 1. The number of nitrogens with zero attached hydrogens (tertiary/aromatic N) is 2. The molecule has 1 aromatic heterocycles. The number of fused-ring (bicyclic) bond motifs is 1. The van der Waals surface area contributed by atoms with E-state index in [2.05, 4.69) is 21.8 Å². The van der Waals surface area contributed by atoms with E-state index >= 15 is 0 Å². The van der Waals surface area contributed by atoms with Crippen LogP contribution in [0.1, 0.15) is 24.4 Å². The van der Waals surface area contributed by atoms with Crippen LogP contribution in [0.15, 0.2) is 6.33 Å². The van der Waals surface area contributed by atoms with Crippen LogP contribution < -0.4 is 5.32 Å². The van der Waals surface area contributed by atoms with E-state index in [0.29, 0.717) is 6.04 Å². The summed E-state index contributed by atoms with van der Waals surface area (Å²) in [5.41, 5.74) is 2.56. The summed E-state index contributed by atoms with van der Waals surface area (Å²) < 4.78 is 7.39. The van der Waals surface area contributed by atoms with Gasteiger partial charge in [-0.15, -0.1) is 0 Å². The van der Waals surface area contributed by atoms with E-state index in [4.69, 9.17) is 4.74 Å². The molecule has 0 saturated heterocycles. The Morgan fingerprint density at radius 3 is 3.36 bits per heavy atom. The van der Waals surface area contributed by atoms with Gasteiger partial charge in [0.25, 0.3) is 0 Å². The van der Waals surface area contributed by atoms with E-state index in [9.17, 15) is 0 Å². The number of aromatic nitrogens is 2. The Morgan fingerprint density at radius 1 is 1.71 bits per heavy atom. The lowest BCUT2D eigenvalue weighted by Gasteiger charge is -2.19. The molecule has 1 aromatic rings. The molecule has 2 rings (SSSR count). The highest BCUT2D eigenvalue weighted by atomic mass is 16.5. The van der Waals surface area contributed by atoms with Gasteiger partial charge in [0, 0.05) is 32.3 Å². The number of hydrogen-bond donors (Lipinski definition) is 1. The number of rotatable bonds is 3. The number of imidazole rings is 1. The van der Waals surface area contributed by atoms with Crippen LogP contribution in [0.4, 0.5) is 0 Å². The molecule has 0 fully saturated rings. The van der Waals surface area contributed by atoms with Gasteiger partial charge in [-0.2, -0.15) is 0 Å². The van der Waals surface area contributed by atoms with E-state index in [1.807, 2.05) is 6.33 Å². The first-order valence-electron chi connectivity index (χ1n) is 5.07. The summed E-state index contributed by atoms with van der Waals surface area (Å²) >= 11 is 0. The van der Waals surface area contributed by atoms with Gasteiger partial charge < -0.3 is 14.6 Å². The Morgan fingerprint density at radius 2 is 2.57 bits per heavy atom. The number of hydrogen-bond acceptors (Lipinski definition) is 3. The minimum absolute atomic E-state index is 0.384. The Bertz CT molecular complexity index is 308. The van der Waals surface area contributed by atoms with Crippen molar-refractivity contribution in [1.82, 2.24) is 14.9 Å². The quantitative estimate of drug-likeness (QED) is 0.773. The maximum absolute atomic E-state index is 5.15. The molecule has 4 heteroatoms. The Balaban J connectivity index is 2.21. The van der Waals surface area contributed by atoms with Gasteiger partial charge in [0.1, 0.15) is 0 Å². The monoisotopic (exact) mass is 195 g/mol. The summed E-state index contributed by atoms with van der Waals surface area (Å²) in [6.07, 6.45) is 3.00. The summed E-state index contributed by atoms with van der Waals surface area (Å²) in [7, 11) is 1.74. The van der Waals surface area contributed by atoms with Crippen molar-refractivity contribution in [3.63, 3.8) is 0 Å². The van der Waals surface area contributed by atoms with Crippen LogP contribution in [0, 0.1) is 0 Å². The predicted molar refractivity (Wildman–Crippen MR) is 54.2 cm³/mol. The summed E-state index contributed by atoms with van der Waals surface area (Å²) in [5, 5.41) is 3.32. The van der Waals surface area contributed by atoms with Gasteiger partial charge in [-0.3, -0.25) is 0 Å². The van der Waals surface area contributed by atoms with E-state index in [-0.39, 0.29) is 0 Å². The van der Waals surface area contributed by atoms with Gasteiger partial charge in [0.15, 0.2) is 0 Å². The molecule has 0 aromatic carbocycles. The summed E-state index contributed by atoms with van der Waals surface area (Å²) in [6.45, 7) is 4.87. The van der Waals surface area contributed by atoms with Crippen molar-refractivity contribution in [1.29, 1.82) is 0 Å². The van der Waals surface area contributed by atoms with Crippen LogP contribution in [-0.4, -0.2) is 29.8 Å². The second-order valence-electron chi connectivity index (χ2n) is 3.78. The van der Waals surface area contributed by atoms with Crippen molar-refractivity contribution in [2.24, 2.45) is 0 Å². The van der Waals surface area contributed by atoms with Crippen molar-refractivity contribution in [2.75, 3.05) is 20.3 Å². The fourth-order valence-electron chi connectivity index (χ4n) is 1.96. The largest absolute Gasteiger partial charge is 0.383 e. The highest BCUT2D eigenvalue weighted by Crippen LogP contribution is 2.17. The standard InChI is InChI=1S/C10H17N3O/c1-8(6-14-2)13-7-12-9-5-11-4-3-10(9)13/h7-8,11H,3-6H2,1-2H3. The lowest BCUT2D eigenvalue weighted by Crippen LogP contribution is -2.26. The van der Waals surface area contributed by atoms with Crippen LogP contribution in [0.5, 0.6) is 0 Å². The molecule has 1 N–H and O–H groups in total. The molecule has 0 radical (unpaired) electrons. The molecular weight excluding hydrogens is 178 g/mol. The molecule has 0 spiro atoms. The van der Waals surface area contributed by atoms with Crippen LogP contribution >= 0.6 is 0 Å². The number of nitrogens with one attached hydrogen (secondary N) is 1. The zero-order valence-corrected chi connectivity index (χ0v) is 8.79. The first kappa shape index (κ1) is 9.68. The van der Waals surface area contributed by atoms with Crippen molar-refractivity contribution in [2.45, 2.75) is 25.9 Å². The Labute approximate surface area is 84.3 Å². The highest BCUT2D eigenvalue weighted by molar-refractivity contribution is 5.17.